The Morgan fingerprint density at radius 2 is 2.27 bits per heavy atom. The Hall–Kier alpha value is -1.02. The zero-order chi connectivity index (χ0) is 10.8. The zero-order valence-electron chi connectivity index (χ0n) is 9.59. The maximum absolute atomic E-state index is 5.75. The van der Waals surface area contributed by atoms with Crippen molar-refractivity contribution in [1.82, 2.24) is 0 Å². The van der Waals surface area contributed by atoms with E-state index in [1.807, 2.05) is 0 Å². The van der Waals surface area contributed by atoms with Gasteiger partial charge in [-0.3, -0.25) is 0 Å². The molecule has 2 nitrogen and oxygen atoms in total. The molecule has 1 unspecified atom stereocenters. The Labute approximate surface area is 91.9 Å². The number of rotatable bonds is 3. The van der Waals surface area contributed by atoms with Crippen LogP contribution in [0.3, 0.4) is 0 Å². The summed E-state index contributed by atoms with van der Waals surface area (Å²) >= 11 is 0. The summed E-state index contributed by atoms with van der Waals surface area (Å²) in [5.74, 6) is 0.591. The predicted octanol–water partition coefficient (Wildman–Crippen LogP) is 2.50. The van der Waals surface area contributed by atoms with Crippen LogP contribution < -0.4 is 11.1 Å². The van der Waals surface area contributed by atoms with E-state index in [0.717, 1.165) is 6.54 Å². The van der Waals surface area contributed by atoms with Gasteiger partial charge in [-0.2, -0.15) is 0 Å². The monoisotopic (exact) mass is 204 g/mol. The molecule has 2 rings (SSSR count). The van der Waals surface area contributed by atoms with Crippen LogP contribution in [0.5, 0.6) is 0 Å². The molecule has 0 radical (unpaired) electrons. The van der Waals surface area contributed by atoms with Crippen molar-refractivity contribution >= 4 is 5.69 Å². The topological polar surface area (TPSA) is 38.0 Å². The fourth-order valence-electron chi connectivity index (χ4n) is 2.37. The van der Waals surface area contributed by atoms with E-state index in [2.05, 4.69) is 37.4 Å². The van der Waals surface area contributed by atoms with Gasteiger partial charge in [0.05, 0.1) is 0 Å². The van der Waals surface area contributed by atoms with Crippen LogP contribution in [0.1, 0.15) is 37.3 Å². The SMILES string of the molecule is CC(C)Nc1ccc2c(c1)CCC2CN. The van der Waals surface area contributed by atoms with E-state index >= 15 is 0 Å². The van der Waals surface area contributed by atoms with Gasteiger partial charge in [-0.05, 0) is 62.4 Å². The summed E-state index contributed by atoms with van der Waals surface area (Å²) < 4.78 is 0. The first kappa shape index (κ1) is 10.5. The number of benzene rings is 1. The van der Waals surface area contributed by atoms with Gasteiger partial charge in [0.15, 0.2) is 0 Å². The molecular formula is C13H20N2. The second-order valence-electron chi connectivity index (χ2n) is 4.68. The highest BCUT2D eigenvalue weighted by Gasteiger charge is 2.20. The molecule has 0 bridgehead atoms. The van der Waals surface area contributed by atoms with Gasteiger partial charge in [-0.1, -0.05) is 6.07 Å². The van der Waals surface area contributed by atoms with Crippen LogP contribution in [0, 0.1) is 0 Å². The van der Waals surface area contributed by atoms with Crippen molar-refractivity contribution in [1.29, 1.82) is 0 Å². The van der Waals surface area contributed by atoms with Gasteiger partial charge in [0.25, 0.3) is 0 Å². The molecular weight excluding hydrogens is 184 g/mol. The van der Waals surface area contributed by atoms with E-state index in [1.165, 1.54) is 29.7 Å². The number of fused-ring (bicyclic) bond motifs is 1. The second kappa shape index (κ2) is 4.23. The average Bonchev–Trinajstić information content (AvgIpc) is 2.58. The van der Waals surface area contributed by atoms with Crippen LogP contribution in [0.4, 0.5) is 5.69 Å². The lowest BCUT2D eigenvalue weighted by molar-refractivity contribution is 0.688. The molecule has 82 valence electrons. The minimum atomic E-state index is 0.495. The van der Waals surface area contributed by atoms with E-state index in [0.29, 0.717) is 12.0 Å². The summed E-state index contributed by atoms with van der Waals surface area (Å²) in [6.07, 6.45) is 2.40. The second-order valence-corrected chi connectivity index (χ2v) is 4.68. The molecule has 1 atom stereocenters. The van der Waals surface area contributed by atoms with Crippen molar-refractivity contribution in [2.24, 2.45) is 5.73 Å². The van der Waals surface area contributed by atoms with Crippen LogP contribution in [0.15, 0.2) is 18.2 Å². The minimum Gasteiger partial charge on any atom is -0.383 e. The third-order valence-electron chi connectivity index (χ3n) is 3.08. The Morgan fingerprint density at radius 1 is 1.47 bits per heavy atom. The zero-order valence-corrected chi connectivity index (χ0v) is 9.59. The summed E-state index contributed by atoms with van der Waals surface area (Å²) in [6.45, 7) is 5.11. The molecule has 0 spiro atoms. The first-order chi connectivity index (χ1) is 7.20. The molecule has 15 heavy (non-hydrogen) atoms. The fourth-order valence-corrected chi connectivity index (χ4v) is 2.37. The number of anilines is 1. The Balaban J connectivity index is 2.21. The molecule has 0 aliphatic heterocycles. The highest BCUT2D eigenvalue weighted by atomic mass is 14.9. The number of hydrogen-bond donors (Lipinski definition) is 2. The Morgan fingerprint density at radius 3 is 2.93 bits per heavy atom. The molecule has 3 N–H and O–H groups in total. The first-order valence-electron chi connectivity index (χ1n) is 5.80. The lowest BCUT2D eigenvalue weighted by atomic mass is 10.0. The molecule has 1 aromatic carbocycles. The molecule has 0 saturated heterocycles. The van der Waals surface area contributed by atoms with Crippen molar-refractivity contribution in [3.05, 3.63) is 29.3 Å². The van der Waals surface area contributed by atoms with Crippen LogP contribution in [-0.2, 0) is 6.42 Å². The highest BCUT2D eigenvalue weighted by Crippen LogP contribution is 2.33. The number of nitrogens with one attached hydrogen (secondary N) is 1. The lowest BCUT2D eigenvalue weighted by Crippen LogP contribution is -2.11. The summed E-state index contributed by atoms with van der Waals surface area (Å²) in [5, 5.41) is 3.44. The quantitative estimate of drug-likeness (QED) is 0.794. The van der Waals surface area contributed by atoms with Gasteiger partial charge >= 0.3 is 0 Å². The van der Waals surface area contributed by atoms with Crippen LogP contribution >= 0.6 is 0 Å². The average molecular weight is 204 g/mol. The molecule has 0 amide bonds. The summed E-state index contributed by atoms with van der Waals surface area (Å²) in [4.78, 5) is 0. The van der Waals surface area contributed by atoms with Gasteiger partial charge in [-0.25, -0.2) is 0 Å². The largest absolute Gasteiger partial charge is 0.383 e. The van der Waals surface area contributed by atoms with Crippen molar-refractivity contribution in [2.45, 2.75) is 38.6 Å². The molecule has 1 aromatic rings. The Bertz CT molecular complexity index is 344. The van der Waals surface area contributed by atoms with E-state index in [9.17, 15) is 0 Å². The first-order valence-corrected chi connectivity index (χ1v) is 5.80. The van der Waals surface area contributed by atoms with Gasteiger partial charge < -0.3 is 11.1 Å². The minimum absolute atomic E-state index is 0.495. The van der Waals surface area contributed by atoms with Crippen LogP contribution in [0.25, 0.3) is 0 Å². The van der Waals surface area contributed by atoms with Crippen molar-refractivity contribution in [3.8, 4) is 0 Å². The predicted molar refractivity (Wildman–Crippen MR) is 65.3 cm³/mol. The van der Waals surface area contributed by atoms with E-state index in [4.69, 9.17) is 5.73 Å². The van der Waals surface area contributed by atoms with Crippen LogP contribution in [-0.4, -0.2) is 12.6 Å². The van der Waals surface area contributed by atoms with Gasteiger partial charge in [0.2, 0.25) is 0 Å². The summed E-state index contributed by atoms with van der Waals surface area (Å²) in [7, 11) is 0. The highest BCUT2D eigenvalue weighted by molar-refractivity contribution is 5.51. The molecule has 0 aromatic heterocycles. The third-order valence-corrected chi connectivity index (χ3v) is 3.08. The van der Waals surface area contributed by atoms with Crippen molar-refractivity contribution in [2.75, 3.05) is 11.9 Å². The van der Waals surface area contributed by atoms with E-state index in [1.54, 1.807) is 0 Å². The standard InChI is InChI=1S/C13H20N2/c1-9(2)15-12-5-6-13-10(7-12)3-4-11(13)8-14/h5-7,9,11,15H,3-4,8,14H2,1-2H3. The fraction of sp³-hybridized carbons (Fsp3) is 0.538. The molecule has 0 saturated carbocycles. The molecule has 0 fully saturated rings. The molecule has 0 heterocycles. The Kier molecular flexibility index (Phi) is 2.96. The van der Waals surface area contributed by atoms with Crippen molar-refractivity contribution < 1.29 is 0 Å². The van der Waals surface area contributed by atoms with Gasteiger partial charge in [0, 0.05) is 11.7 Å². The molecule has 1 aliphatic rings. The smallest absolute Gasteiger partial charge is 0.0345 e. The maximum atomic E-state index is 5.75. The lowest BCUT2D eigenvalue weighted by Gasteiger charge is -2.13. The van der Waals surface area contributed by atoms with Gasteiger partial charge in [-0.15, -0.1) is 0 Å². The number of aryl methyl sites for hydroxylation is 1. The molecule has 1 aliphatic carbocycles. The van der Waals surface area contributed by atoms with E-state index < -0.39 is 0 Å². The van der Waals surface area contributed by atoms with E-state index in [-0.39, 0.29) is 0 Å². The number of hydrogen-bond acceptors (Lipinski definition) is 2. The molecule has 2 heteroatoms. The van der Waals surface area contributed by atoms with Gasteiger partial charge in [0.1, 0.15) is 0 Å². The normalized spacial score (nSPS) is 19.3. The summed E-state index contributed by atoms with van der Waals surface area (Å²) in [6, 6.07) is 7.19. The number of nitrogens with two attached hydrogens (primary N) is 1. The maximum Gasteiger partial charge on any atom is 0.0345 e. The third kappa shape index (κ3) is 2.15. The van der Waals surface area contributed by atoms with Crippen molar-refractivity contribution in [3.63, 3.8) is 0 Å². The summed E-state index contributed by atoms with van der Waals surface area (Å²) in [5.41, 5.74) is 9.94. The van der Waals surface area contributed by atoms with Crippen LogP contribution in [0.2, 0.25) is 0 Å².